The van der Waals surface area contributed by atoms with Gasteiger partial charge in [0.2, 0.25) is 11.7 Å². The van der Waals surface area contributed by atoms with Crippen LogP contribution in [-0.4, -0.2) is 35.8 Å². The largest absolute Gasteiger partial charge is 0.493 e. The Kier molecular flexibility index (Phi) is 6.66. The Labute approximate surface area is 166 Å². The molecule has 0 N–H and O–H groups in total. The standard InChI is InChI=1S/C22H27N3O3/c1-5-16-7-10-18(11-8-16)22-23-21(28-24-22)15-25(3)14-17-9-12-19(27-6-2)20(13-17)26-4/h7-13H,5-6,14-15H2,1-4H3. The smallest absolute Gasteiger partial charge is 0.241 e. The minimum Gasteiger partial charge on any atom is -0.493 e. The molecule has 0 radical (unpaired) electrons. The van der Waals surface area contributed by atoms with Gasteiger partial charge in [0.1, 0.15) is 0 Å². The molecule has 0 spiro atoms. The van der Waals surface area contributed by atoms with E-state index in [1.807, 2.05) is 44.3 Å². The van der Waals surface area contributed by atoms with E-state index in [0.717, 1.165) is 35.6 Å². The molecule has 0 aliphatic carbocycles. The third-order valence-corrected chi connectivity index (χ3v) is 4.47. The van der Waals surface area contributed by atoms with Gasteiger partial charge in [0.05, 0.1) is 20.3 Å². The van der Waals surface area contributed by atoms with Crippen molar-refractivity contribution in [3.05, 3.63) is 59.5 Å². The second-order valence-corrected chi connectivity index (χ2v) is 6.65. The highest BCUT2D eigenvalue weighted by molar-refractivity contribution is 5.54. The summed E-state index contributed by atoms with van der Waals surface area (Å²) in [5.41, 5.74) is 3.38. The van der Waals surface area contributed by atoms with Gasteiger partial charge in [-0.3, -0.25) is 4.90 Å². The number of aromatic nitrogens is 2. The first kappa shape index (κ1) is 19.9. The van der Waals surface area contributed by atoms with E-state index in [0.29, 0.717) is 24.9 Å². The number of hydrogen-bond acceptors (Lipinski definition) is 6. The highest BCUT2D eigenvalue weighted by atomic mass is 16.5. The molecule has 0 aliphatic heterocycles. The first-order valence-electron chi connectivity index (χ1n) is 9.53. The summed E-state index contributed by atoms with van der Waals surface area (Å²) in [7, 11) is 3.67. The van der Waals surface area contributed by atoms with Crippen LogP contribution >= 0.6 is 0 Å². The first-order valence-corrected chi connectivity index (χ1v) is 9.53. The molecule has 148 valence electrons. The van der Waals surface area contributed by atoms with Crippen molar-refractivity contribution in [1.82, 2.24) is 15.0 Å². The van der Waals surface area contributed by atoms with Crippen LogP contribution in [0.1, 0.15) is 30.9 Å². The van der Waals surface area contributed by atoms with Crippen LogP contribution in [0, 0.1) is 0 Å². The fourth-order valence-electron chi connectivity index (χ4n) is 3.01. The lowest BCUT2D eigenvalue weighted by Crippen LogP contribution is -2.17. The van der Waals surface area contributed by atoms with E-state index in [-0.39, 0.29) is 0 Å². The Bertz CT molecular complexity index is 890. The summed E-state index contributed by atoms with van der Waals surface area (Å²) in [6, 6.07) is 14.2. The Hall–Kier alpha value is -2.86. The summed E-state index contributed by atoms with van der Waals surface area (Å²) in [4.78, 5) is 6.64. The van der Waals surface area contributed by atoms with Crippen molar-refractivity contribution in [3.8, 4) is 22.9 Å². The molecule has 3 aromatic rings. The maximum Gasteiger partial charge on any atom is 0.241 e. The molecule has 0 aliphatic rings. The van der Waals surface area contributed by atoms with E-state index >= 15 is 0 Å². The van der Waals surface area contributed by atoms with Crippen molar-refractivity contribution < 1.29 is 14.0 Å². The van der Waals surface area contributed by atoms with Crippen molar-refractivity contribution in [2.75, 3.05) is 20.8 Å². The van der Waals surface area contributed by atoms with Crippen LogP contribution in [0.3, 0.4) is 0 Å². The topological polar surface area (TPSA) is 60.6 Å². The Balaban J connectivity index is 1.63. The Morgan fingerprint density at radius 3 is 2.39 bits per heavy atom. The average Bonchev–Trinajstić information content (AvgIpc) is 3.17. The van der Waals surface area contributed by atoms with E-state index in [9.17, 15) is 0 Å². The van der Waals surface area contributed by atoms with E-state index < -0.39 is 0 Å². The van der Waals surface area contributed by atoms with Crippen LogP contribution in [0.4, 0.5) is 0 Å². The molecule has 0 atom stereocenters. The zero-order valence-electron chi connectivity index (χ0n) is 16.9. The van der Waals surface area contributed by atoms with Crippen LogP contribution in [0.5, 0.6) is 11.5 Å². The van der Waals surface area contributed by atoms with Gasteiger partial charge in [0, 0.05) is 12.1 Å². The van der Waals surface area contributed by atoms with Crippen LogP contribution < -0.4 is 9.47 Å². The molecule has 0 bridgehead atoms. The van der Waals surface area contributed by atoms with Crippen molar-refractivity contribution in [2.45, 2.75) is 33.4 Å². The molecule has 6 nitrogen and oxygen atoms in total. The number of nitrogens with zero attached hydrogens (tertiary/aromatic N) is 3. The molecule has 0 amide bonds. The molecule has 2 aromatic carbocycles. The molecule has 0 saturated carbocycles. The third kappa shape index (κ3) is 4.89. The van der Waals surface area contributed by atoms with Gasteiger partial charge in [-0.25, -0.2) is 0 Å². The summed E-state index contributed by atoms with van der Waals surface area (Å²) in [6.45, 7) is 5.99. The lowest BCUT2D eigenvalue weighted by Gasteiger charge is -2.16. The van der Waals surface area contributed by atoms with Gasteiger partial charge in [0.25, 0.3) is 0 Å². The first-order chi connectivity index (χ1) is 13.6. The highest BCUT2D eigenvalue weighted by Gasteiger charge is 2.12. The second kappa shape index (κ2) is 9.37. The molecule has 0 fully saturated rings. The fraction of sp³-hybridized carbons (Fsp3) is 0.364. The van der Waals surface area contributed by atoms with Crippen molar-refractivity contribution in [1.29, 1.82) is 0 Å². The number of hydrogen-bond donors (Lipinski definition) is 0. The summed E-state index contributed by atoms with van der Waals surface area (Å²) in [5.74, 6) is 2.71. The minimum absolute atomic E-state index is 0.565. The van der Waals surface area contributed by atoms with Crippen LogP contribution in [0.2, 0.25) is 0 Å². The summed E-state index contributed by atoms with van der Waals surface area (Å²) < 4.78 is 16.4. The quantitative estimate of drug-likeness (QED) is 0.549. The van der Waals surface area contributed by atoms with E-state index in [2.05, 4.69) is 34.1 Å². The molecule has 1 heterocycles. The number of ether oxygens (including phenoxy) is 2. The van der Waals surface area contributed by atoms with Crippen LogP contribution in [-0.2, 0) is 19.5 Å². The normalized spacial score (nSPS) is 11.0. The van der Waals surface area contributed by atoms with Crippen molar-refractivity contribution in [3.63, 3.8) is 0 Å². The molecule has 28 heavy (non-hydrogen) atoms. The summed E-state index contributed by atoms with van der Waals surface area (Å²) in [6.07, 6.45) is 1.01. The van der Waals surface area contributed by atoms with Crippen molar-refractivity contribution in [2.24, 2.45) is 0 Å². The zero-order valence-corrected chi connectivity index (χ0v) is 16.9. The highest BCUT2D eigenvalue weighted by Crippen LogP contribution is 2.28. The monoisotopic (exact) mass is 381 g/mol. The van der Waals surface area contributed by atoms with E-state index in [1.165, 1.54) is 5.56 Å². The summed E-state index contributed by atoms with van der Waals surface area (Å²) >= 11 is 0. The van der Waals surface area contributed by atoms with E-state index in [1.54, 1.807) is 7.11 Å². The van der Waals surface area contributed by atoms with Gasteiger partial charge in [-0.05, 0) is 43.7 Å². The van der Waals surface area contributed by atoms with Gasteiger partial charge < -0.3 is 14.0 Å². The Morgan fingerprint density at radius 1 is 0.964 bits per heavy atom. The number of aryl methyl sites for hydroxylation is 1. The summed E-state index contributed by atoms with van der Waals surface area (Å²) in [5, 5.41) is 4.11. The third-order valence-electron chi connectivity index (χ3n) is 4.47. The zero-order chi connectivity index (χ0) is 19.9. The number of methoxy groups -OCH3 is 1. The number of rotatable bonds is 9. The van der Waals surface area contributed by atoms with Crippen molar-refractivity contribution >= 4 is 0 Å². The van der Waals surface area contributed by atoms with Crippen LogP contribution in [0.15, 0.2) is 47.0 Å². The number of benzene rings is 2. The van der Waals surface area contributed by atoms with Gasteiger partial charge in [-0.1, -0.05) is 42.4 Å². The predicted octanol–water partition coefficient (Wildman–Crippen LogP) is 4.34. The minimum atomic E-state index is 0.565. The molecule has 0 saturated heterocycles. The van der Waals surface area contributed by atoms with Gasteiger partial charge in [0.15, 0.2) is 11.5 Å². The molecule has 3 rings (SSSR count). The molecule has 1 aromatic heterocycles. The van der Waals surface area contributed by atoms with E-state index in [4.69, 9.17) is 14.0 Å². The maximum atomic E-state index is 5.57. The van der Waals surface area contributed by atoms with Crippen LogP contribution in [0.25, 0.3) is 11.4 Å². The van der Waals surface area contributed by atoms with Gasteiger partial charge in [-0.15, -0.1) is 0 Å². The lowest BCUT2D eigenvalue weighted by atomic mass is 10.1. The molecular formula is C22H27N3O3. The lowest BCUT2D eigenvalue weighted by molar-refractivity contribution is 0.260. The SMILES string of the molecule is CCOc1ccc(CN(C)Cc2nc(-c3ccc(CC)cc3)no2)cc1OC. The molecule has 6 heteroatoms. The maximum absolute atomic E-state index is 5.57. The second-order valence-electron chi connectivity index (χ2n) is 6.65. The molecular weight excluding hydrogens is 354 g/mol. The van der Waals surface area contributed by atoms with Gasteiger partial charge in [-0.2, -0.15) is 4.98 Å². The molecule has 0 unspecified atom stereocenters. The Morgan fingerprint density at radius 2 is 1.71 bits per heavy atom. The average molecular weight is 381 g/mol. The predicted molar refractivity (Wildman–Crippen MR) is 108 cm³/mol. The fourth-order valence-corrected chi connectivity index (χ4v) is 3.01. The van der Waals surface area contributed by atoms with Gasteiger partial charge >= 0.3 is 0 Å².